The molecule has 3 aromatic rings. The third kappa shape index (κ3) is 4.04. The lowest BCUT2D eigenvalue weighted by molar-refractivity contribution is 0.0947. The van der Waals surface area contributed by atoms with Gasteiger partial charge in [0.1, 0.15) is 0 Å². The Kier molecular flexibility index (Phi) is 5.10. The van der Waals surface area contributed by atoms with Gasteiger partial charge in [0.2, 0.25) is 0 Å². The van der Waals surface area contributed by atoms with E-state index >= 15 is 0 Å². The van der Waals surface area contributed by atoms with Crippen LogP contribution in [0.2, 0.25) is 0 Å². The summed E-state index contributed by atoms with van der Waals surface area (Å²) in [6, 6.07) is 4.13. The molecule has 0 atom stereocenters. The number of aromatic nitrogens is 3. The van der Waals surface area contributed by atoms with E-state index in [9.17, 15) is 4.79 Å². The summed E-state index contributed by atoms with van der Waals surface area (Å²) in [4.78, 5) is 20.2. The zero-order valence-corrected chi connectivity index (χ0v) is 17.6. The Hall–Kier alpha value is -2.25. The molecular weight excluding hydrogens is 358 g/mol. The number of pyridine rings is 1. The molecule has 0 aliphatic heterocycles. The molecule has 3 N–H and O–H groups in total. The van der Waals surface area contributed by atoms with Crippen molar-refractivity contribution in [2.75, 3.05) is 6.54 Å². The molecule has 7 heteroatoms. The van der Waals surface area contributed by atoms with E-state index in [1.165, 1.54) is 9.75 Å². The second-order valence-electron chi connectivity index (χ2n) is 7.97. The van der Waals surface area contributed by atoms with E-state index in [1.54, 1.807) is 17.5 Å². The number of fused-ring (bicyclic) bond motifs is 1. The van der Waals surface area contributed by atoms with Gasteiger partial charge in [0.15, 0.2) is 5.65 Å². The zero-order valence-electron chi connectivity index (χ0n) is 16.8. The van der Waals surface area contributed by atoms with Crippen molar-refractivity contribution < 1.29 is 4.79 Å². The molecule has 0 saturated heterocycles. The molecule has 0 bridgehead atoms. The topological polar surface area (TPSA) is 85.8 Å². The van der Waals surface area contributed by atoms with E-state index in [0.29, 0.717) is 12.1 Å². The van der Waals surface area contributed by atoms with Crippen molar-refractivity contribution in [3.63, 3.8) is 0 Å². The lowest BCUT2D eigenvalue weighted by Crippen LogP contribution is -2.45. The molecule has 0 aliphatic carbocycles. The molecule has 6 nitrogen and oxygen atoms in total. The second kappa shape index (κ2) is 7.05. The summed E-state index contributed by atoms with van der Waals surface area (Å²) in [5.74, 6) is -0.157. The summed E-state index contributed by atoms with van der Waals surface area (Å²) in [6.45, 7) is 12.4. The van der Waals surface area contributed by atoms with E-state index < -0.39 is 5.54 Å². The van der Waals surface area contributed by atoms with E-state index in [-0.39, 0.29) is 11.9 Å². The highest BCUT2D eigenvalue weighted by Crippen LogP contribution is 2.32. The minimum atomic E-state index is -0.478. The number of nitrogens with zero attached hydrogens (tertiary/aromatic N) is 3. The summed E-state index contributed by atoms with van der Waals surface area (Å²) in [5, 5.41) is 8.16. The average molecular weight is 386 g/mol. The summed E-state index contributed by atoms with van der Waals surface area (Å²) < 4.78 is 1.86. The van der Waals surface area contributed by atoms with Crippen LogP contribution in [0, 0.1) is 13.8 Å². The first-order valence-corrected chi connectivity index (χ1v) is 9.91. The van der Waals surface area contributed by atoms with E-state index in [0.717, 1.165) is 22.3 Å². The van der Waals surface area contributed by atoms with Crippen LogP contribution in [0.25, 0.3) is 22.3 Å². The van der Waals surface area contributed by atoms with Crippen LogP contribution >= 0.6 is 11.3 Å². The van der Waals surface area contributed by atoms with Gasteiger partial charge < -0.3 is 11.1 Å². The lowest BCUT2D eigenvalue weighted by atomic mass is 10.1. The summed E-state index contributed by atoms with van der Waals surface area (Å²) in [7, 11) is 0. The maximum Gasteiger partial charge on any atom is 0.252 e. The van der Waals surface area contributed by atoms with Crippen LogP contribution in [0.3, 0.4) is 0 Å². The predicted molar refractivity (Wildman–Crippen MR) is 111 cm³/mol. The molecule has 144 valence electrons. The molecule has 0 aliphatic rings. The van der Waals surface area contributed by atoms with Gasteiger partial charge in [0.25, 0.3) is 5.91 Å². The van der Waals surface area contributed by atoms with E-state index in [2.05, 4.69) is 44.2 Å². The smallest absolute Gasteiger partial charge is 0.252 e. The summed E-state index contributed by atoms with van der Waals surface area (Å²) in [5.41, 5.74) is 8.70. The Morgan fingerprint density at radius 2 is 2.04 bits per heavy atom. The Bertz CT molecular complexity index is 994. The monoisotopic (exact) mass is 385 g/mol. The Morgan fingerprint density at radius 1 is 1.33 bits per heavy atom. The fourth-order valence-electron chi connectivity index (χ4n) is 3.01. The molecule has 1 amide bonds. The molecule has 0 aromatic carbocycles. The van der Waals surface area contributed by atoms with Crippen LogP contribution < -0.4 is 11.1 Å². The van der Waals surface area contributed by atoms with Gasteiger partial charge in [-0.05, 0) is 53.7 Å². The lowest BCUT2D eigenvalue weighted by Gasteiger charge is -2.19. The number of hydrogen-bond acceptors (Lipinski definition) is 5. The van der Waals surface area contributed by atoms with Crippen molar-refractivity contribution in [1.29, 1.82) is 0 Å². The highest BCUT2D eigenvalue weighted by Gasteiger charge is 2.21. The van der Waals surface area contributed by atoms with Gasteiger partial charge in [0, 0.05) is 33.4 Å². The molecular formula is C20H27N5OS. The second-order valence-corrected chi connectivity index (χ2v) is 9.43. The maximum absolute atomic E-state index is 12.9. The summed E-state index contributed by atoms with van der Waals surface area (Å²) in [6.07, 6.45) is 1.72. The molecule has 27 heavy (non-hydrogen) atoms. The first kappa shape index (κ1) is 19.5. The van der Waals surface area contributed by atoms with Crippen LogP contribution in [-0.4, -0.2) is 32.8 Å². The molecule has 0 spiro atoms. The van der Waals surface area contributed by atoms with Crippen LogP contribution in [0.5, 0.6) is 0 Å². The van der Waals surface area contributed by atoms with E-state index in [1.807, 2.05) is 24.6 Å². The highest BCUT2D eigenvalue weighted by molar-refractivity contribution is 7.12. The molecule has 0 unspecified atom stereocenters. The quantitative estimate of drug-likeness (QED) is 0.699. The summed E-state index contributed by atoms with van der Waals surface area (Å²) >= 11 is 1.73. The number of hydrogen-bond donors (Lipinski definition) is 2. The van der Waals surface area contributed by atoms with E-state index in [4.69, 9.17) is 10.7 Å². The van der Waals surface area contributed by atoms with Gasteiger partial charge >= 0.3 is 0 Å². The zero-order chi connectivity index (χ0) is 19.9. The van der Waals surface area contributed by atoms with Gasteiger partial charge in [-0.2, -0.15) is 5.10 Å². The van der Waals surface area contributed by atoms with Crippen LogP contribution in [0.4, 0.5) is 0 Å². The molecule has 0 fully saturated rings. The fraction of sp³-hybridized carbons (Fsp3) is 0.450. The highest BCUT2D eigenvalue weighted by atomic mass is 32.1. The predicted octanol–water partition coefficient (Wildman–Crippen LogP) is 3.82. The maximum atomic E-state index is 12.9. The van der Waals surface area contributed by atoms with Crippen LogP contribution in [0.15, 0.2) is 18.3 Å². The normalized spacial score (nSPS) is 12.1. The third-order valence-corrected chi connectivity index (χ3v) is 5.29. The molecule has 0 radical (unpaired) electrons. The minimum Gasteiger partial charge on any atom is -0.350 e. The van der Waals surface area contributed by atoms with Crippen molar-refractivity contribution in [2.24, 2.45) is 5.73 Å². The van der Waals surface area contributed by atoms with Crippen molar-refractivity contribution >= 4 is 28.3 Å². The van der Waals surface area contributed by atoms with Crippen molar-refractivity contribution in [1.82, 2.24) is 20.1 Å². The number of carbonyl (C=O) groups excluding carboxylic acids is 1. The van der Waals surface area contributed by atoms with Gasteiger partial charge in [-0.1, -0.05) is 0 Å². The third-order valence-electron chi connectivity index (χ3n) is 4.32. The van der Waals surface area contributed by atoms with Crippen LogP contribution in [0.1, 0.15) is 53.8 Å². The first-order chi connectivity index (χ1) is 12.6. The molecule has 3 aromatic heterocycles. The Morgan fingerprint density at radius 3 is 2.59 bits per heavy atom. The fourth-order valence-corrected chi connectivity index (χ4v) is 3.94. The number of nitrogens with two attached hydrogens (primary N) is 1. The van der Waals surface area contributed by atoms with Gasteiger partial charge in [-0.3, -0.25) is 4.79 Å². The average Bonchev–Trinajstić information content (AvgIpc) is 3.13. The standard InChI is InChI=1S/C20H27N5OS/c1-11(2)25-18-16(9-23-25)15(19(26)22-10-20(5,6)21)8-17(24-18)14-7-12(3)27-13(14)4/h7-9,11H,10,21H2,1-6H3,(H,22,26). The first-order valence-electron chi connectivity index (χ1n) is 9.09. The number of nitrogens with one attached hydrogen (secondary N) is 1. The SMILES string of the molecule is Cc1cc(-c2cc(C(=O)NCC(C)(C)N)c3cnn(C(C)C)c3n2)c(C)s1. The van der Waals surface area contributed by atoms with Gasteiger partial charge in [-0.15, -0.1) is 11.3 Å². The van der Waals surface area contributed by atoms with Crippen molar-refractivity contribution in [2.45, 2.75) is 53.1 Å². The largest absolute Gasteiger partial charge is 0.350 e. The van der Waals surface area contributed by atoms with Crippen molar-refractivity contribution in [3.05, 3.63) is 33.6 Å². The van der Waals surface area contributed by atoms with Gasteiger partial charge in [0.05, 0.1) is 22.8 Å². The van der Waals surface area contributed by atoms with Crippen molar-refractivity contribution in [3.8, 4) is 11.3 Å². The number of aryl methyl sites for hydroxylation is 2. The molecule has 3 heterocycles. The minimum absolute atomic E-state index is 0.148. The molecule has 0 saturated carbocycles. The Balaban J connectivity index is 2.16. The molecule has 3 rings (SSSR count). The number of amides is 1. The Labute approximate surface area is 163 Å². The number of carbonyl (C=O) groups is 1. The van der Waals surface area contributed by atoms with Gasteiger partial charge in [-0.25, -0.2) is 9.67 Å². The van der Waals surface area contributed by atoms with Crippen LogP contribution in [-0.2, 0) is 0 Å². The number of rotatable bonds is 5. The number of thiophene rings is 1.